The molecule has 0 aliphatic heterocycles. The predicted molar refractivity (Wildman–Crippen MR) is 154 cm³/mol. The van der Waals surface area contributed by atoms with Gasteiger partial charge in [-0.1, -0.05) is 48.5 Å². The summed E-state index contributed by atoms with van der Waals surface area (Å²) in [4.78, 5) is 26.6. The van der Waals surface area contributed by atoms with Gasteiger partial charge in [-0.25, -0.2) is 0 Å². The molecule has 1 aliphatic rings. The van der Waals surface area contributed by atoms with Crippen molar-refractivity contribution in [3.05, 3.63) is 93.6 Å². The average Bonchev–Trinajstić information content (AvgIpc) is 2.82. The minimum Gasteiger partial charge on any atom is -0.457 e. The maximum atomic E-state index is 13.7. The van der Waals surface area contributed by atoms with Gasteiger partial charge in [0.2, 0.25) is 0 Å². The molecule has 4 rings (SSSR count). The molecule has 1 aliphatic carbocycles. The Bertz CT molecular complexity index is 1440. The summed E-state index contributed by atoms with van der Waals surface area (Å²) in [6.45, 7) is -1.86. The number of esters is 2. The molecule has 0 heterocycles. The Morgan fingerprint density at radius 1 is 0.838 bits per heavy atom. The van der Waals surface area contributed by atoms with Gasteiger partial charge in [0.15, 0.2) is 12.4 Å². The molecule has 0 saturated heterocycles. The molecular formula is C24H15F2I3O7S. The Hall–Kier alpha value is -1.44. The molecule has 3 aromatic carbocycles. The summed E-state index contributed by atoms with van der Waals surface area (Å²) < 4.78 is 71.0. The Morgan fingerprint density at radius 2 is 1.24 bits per heavy atom. The second kappa shape index (κ2) is 11.0. The first kappa shape index (κ1) is 28.6. The van der Waals surface area contributed by atoms with E-state index in [0.29, 0.717) is 28.0 Å². The van der Waals surface area contributed by atoms with Gasteiger partial charge in [0.05, 0.1) is 7.14 Å². The molecular weight excluding hydrogens is 851 g/mol. The zero-order valence-corrected chi connectivity index (χ0v) is 25.6. The van der Waals surface area contributed by atoms with Crippen LogP contribution >= 0.6 is 67.8 Å². The van der Waals surface area contributed by atoms with Gasteiger partial charge in [-0.15, -0.1) is 0 Å². The summed E-state index contributed by atoms with van der Waals surface area (Å²) in [5, 5.41) is -4.68. The molecule has 0 bridgehead atoms. The van der Waals surface area contributed by atoms with Crippen LogP contribution in [0.5, 0.6) is 5.75 Å². The Balaban J connectivity index is 1.74. The Kier molecular flexibility index (Phi) is 8.47. The highest BCUT2D eigenvalue weighted by molar-refractivity contribution is 14.1. The van der Waals surface area contributed by atoms with Crippen molar-refractivity contribution >= 4 is 89.8 Å². The average molecular weight is 866 g/mol. The summed E-state index contributed by atoms with van der Waals surface area (Å²) in [6.07, 6.45) is 0. The highest BCUT2D eigenvalue weighted by Crippen LogP contribution is 2.45. The van der Waals surface area contributed by atoms with Crippen LogP contribution in [0.1, 0.15) is 34.1 Å². The monoisotopic (exact) mass is 866 g/mol. The third-order valence-electron chi connectivity index (χ3n) is 5.63. The van der Waals surface area contributed by atoms with E-state index < -0.39 is 45.8 Å². The summed E-state index contributed by atoms with van der Waals surface area (Å²) in [7, 11) is -5.78. The van der Waals surface area contributed by atoms with Gasteiger partial charge in [-0.05, 0) is 102 Å². The topological polar surface area (TPSA) is 107 Å². The van der Waals surface area contributed by atoms with E-state index in [4.69, 9.17) is 9.29 Å². The van der Waals surface area contributed by atoms with E-state index in [2.05, 4.69) is 72.5 Å². The van der Waals surface area contributed by atoms with Crippen LogP contribution in [0.3, 0.4) is 0 Å². The number of benzene rings is 3. The predicted octanol–water partition coefficient (Wildman–Crippen LogP) is 5.71. The first-order valence-electron chi connectivity index (χ1n) is 10.4. The van der Waals surface area contributed by atoms with E-state index in [1.807, 2.05) is 12.1 Å². The number of hydrogen-bond acceptors (Lipinski definition) is 6. The number of halogens is 5. The molecule has 0 amide bonds. The third-order valence-corrected chi connectivity index (χ3v) is 8.73. The lowest BCUT2D eigenvalue weighted by atomic mass is 9.72. The van der Waals surface area contributed by atoms with Gasteiger partial charge >= 0.3 is 27.3 Å². The smallest absolute Gasteiger partial charge is 0.402 e. The molecule has 0 spiro atoms. The molecule has 0 fully saturated rings. The Labute approximate surface area is 251 Å². The zero-order valence-electron chi connectivity index (χ0n) is 18.3. The van der Waals surface area contributed by atoms with E-state index in [-0.39, 0.29) is 0 Å². The lowest BCUT2D eigenvalue weighted by molar-refractivity contribution is -0.150. The number of alkyl halides is 2. The van der Waals surface area contributed by atoms with Crippen molar-refractivity contribution in [3.8, 4) is 5.75 Å². The normalized spacial score (nSPS) is 16.9. The SMILES string of the molecule is O=C(OCC(F)(F)S(=O)(=O)O)C1c2ccccc2C(C(=O)Oc2c(I)cc(I)cc2I)c2ccccc21. The van der Waals surface area contributed by atoms with E-state index in [0.717, 1.165) is 10.7 Å². The standard InChI is InChI=1S/C24H15F2I3O7S/c25-24(26,37(32,33)34)11-35-22(30)19-13-5-1-3-7-15(13)20(16-8-4-2-6-14(16)19)23(31)36-21-17(28)9-12(27)10-18(21)29/h1-10,19-20H,11H2,(H,32,33,34). The van der Waals surface area contributed by atoms with Gasteiger partial charge in [0.25, 0.3) is 0 Å². The van der Waals surface area contributed by atoms with Crippen molar-refractivity contribution in [3.63, 3.8) is 0 Å². The quantitative estimate of drug-likeness (QED) is 0.147. The molecule has 0 saturated carbocycles. The van der Waals surface area contributed by atoms with Crippen LogP contribution in [-0.4, -0.2) is 36.8 Å². The van der Waals surface area contributed by atoms with Crippen molar-refractivity contribution in [1.82, 2.24) is 0 Å². The van der Waals surface area contributed by atoms with Crippen LogP contribution < -0.4 is 4.74 Å². The molecule has 7 nitrogen and oxygen atoms in total. The van der Waals surface area contributed by atoms with Crippen molar-refractivity contribution in [2.24, 2.45) is 0 Å². The second-order valence-electron chi connectivity index (χ2n) is 7.96. The van der Waals surface area contributed by atoms with E-state index >= 15 is 0 Å². The number of rotatable bonds is 6. The first-order chi connectivity index (χ1) is 17.3. The van der Waals surface area contributed by atoms with Gasteiger partial charge in [0.1, 0.15) is 11.8 Å². The highest BCUT2D eigenvalue weighted by atomic mass is 127. The molecule has 13 heteroatoms. The van der Waals surface area contributed by atoms with E-state index in [1.54, 1.807) is 48.5 Å². The first-order valence-corrected chi connectivity index (χ1v) is 15.0. The molecule has 0 atom stereocenters. The van der Waals surface area contributed by atoms with Crippen molar-refractivity contribution in [2.75, 3.05) is 6.61 Å². The van der Waals surface area contributed by atoms with Crippen LogP contribution in [0.2, 0.25) is 0 Å². The van der Waals surface area contributed by atoms with Crippen LogP contribution in [0, 0.1) is 10.7 Å². The second-order valence-corrected chi connectivity index (χ2v) is 13.1. The van der Waals surface area contributed by atoms with Gasteiger partial charge in [-0.3, -0.25) is 14.1 Å². The van der Waals surface area contributed by atoms with E-state index in [1.165, 1.54) is 0 Å². The summed E-state index contributed by atoms with van der Waals surface area (Å²) in [5.74, 6) is -3.50. The maximum Gasteiger partial charge on any atom is 0.402 e. The summed E-state index contributed by atoms with van der Waals surface area (Å²) in [6, 6.07) is 16.7. The van der Waals surface area contributed by atoms with E-state index in [9.17, 15) is 26.8 Å². The van der Waals surface area contributed by atoms with Crippen LogP contribution in [0.15, 0.2) is 60.7 Å². The fraction of sp³-hybridized carbons (Fsp3) is 0.167. The van der Waals surface area contributed by atoms with Crippen molar-refractivity contribution < 1.29 is 40.8 Å². The minimum atomic E-state index is -5.78. The summed E-state index contributed by atoms with van der Waals surface area (Å²) >= 11 is 6.32. The highest BCUT2D eigenvalue weighted by Gasteiger charge is 2.47. The fourth-order valence-electron chi connectivity index (χ4n) is 4.02. The Morgan fingerprint density at radius 3 is 1.65 bits per heavy atom. The fourth-order valence-corrected chi connectivity index (χ4v) is 8.03. The largest absolute Gasteiger partial charge is 0.457 e. The number of hydrogen-bond donors (Lipinski definition) is 1. The van der Waals surface area contributed by atoms with Gasteiger partial charge in [-0.2, -0.15) is 17.2 Å². The molecule has 0 radical (unpaired) electrons. The van der Waals surface area contributed by atoms with Crippen LogP contribution in [-0.2, 0) is 24.4 Å². The molecule has 37 heavy (non-hydrogen) atoms. The number of fused-ring (bicyclic) bond motifs is 2. The van der Waals surface area contributed by atoms with Gasteiger partial charge < -0.3 is 9.47 Å². The molecule has 1 N–H and O–H groups in total. The number of carbonyl (C=O) groups excluding carboxylic acids is 2. The van der Waals surface area contributed by atoms with Crippen LogP contribution in [0.4, 0.5) is 8.78 Å². The zero-order chi connectivity index (χ0) is 27.1. The van der Waals surface area contributed by atoms with Gasteiger partial charge in [0, 0.05) is 3.57 Å². The lowest BCUT2D eigenvalue weighted by Gasteiger charge is -2.32. The number of ether oxygens (including phenoxy) is 2. The van der Waals surface area contributed by atoms with Crippen molar-refractivity contribution in [1.29, 1.82) is 0 Å². The molecule has 3 aromatic rings. The third kappa shape index (κ3) is 5.79. The van der Waals surface area contributed by atoms with Crippen LogP contribution in [0.25, 0.3) is 0 Å². The molecule has 0 unspecified atom stereocenters. The van der Waals surface area contributed by atoms with Crippen molar-refractivity contribution in [2.45, 2.75) is 17.1 Å². The number of carbonyl (C=O) groups is 2. The lowest BCUT2D eigenvalue weighted by Crippen LogP contribution is -2.36. The summed E-state index contributed by atoms with van der Waals surface area (Å²) in [5.41, 5.74) is 1.50. The molecule has 194 valence electrons. The molecule has 0 aromatic heterocycles. The minimum absolute atomic E-state index is 0.329. The maximum absolute atomic E-state index is 13.7.